The van der Waals surface area contributed by atoms with Crippen molar-refractivity contribution in [2.45, 2.75) is 57.0 Å². The molecule has 0 bridgehead atoms. The number of rotatable bonds is 16. The zero-order valence-electron chi connectivity index (χ0n) is 34.9. The fourth-order valence-electron chi connectivity index (χ4n) is 8.50. The van der Waals surface area contributed by atoms with E-state index in [1.807, 2.05) is 24.4 Å². The first kappa shape index (κ1) is 42.4. The third kappa shape index (κ3) is 9.14. The fourth-order valence-corrected chi connectivity index (χ4v) is 8.50. The average molecular weight is 850 g/mol. The van der Waals surface area contributed by atoms with Crippen molar-refractivity contribution in [2.24, 2.45) is 0 Å². The van der Waals surface area contributed by atoms with E-state index in [-0.39, 0.29) is 54.6 Å². The van der Waals surface area contributed by atoms with Gasteiger partial charge in [-0.2, -0.15) is 4.98 Å². The second-order valence-corrected chi connectivity index (χ2v) is 16.1. The van der Waals surface area contributed by atoms with Crippen LogP contribution < -0.4 is 20.9 Å². The molecule has 0 radical (unpaired) electrons. The SMILES string of the molecule is CN(C)C(=O)c1cc2cnc(Nc3ccc(N4CCN(CCOCCOCCC(=O)Nc5cccc6c5C(=O)N(C5CCC(=O)NC5=O)C6=O)CC4)cn3)nc2n1C1CCCC1. The Balaban J connectivity index is 0.721. The van der Waals surface area contributed by atoms with E-state index >= 15 is 0 Å². The Hall–Kier alpha value is -6.31. The number of pyridine rings is 1. The highest BCUT2D eigenvalue weighted by Crippen LogP contribution is 2.35. The smallest absolute Gasteiger partial charge is 0.270 e. The van der Waals surface area contributed by atoms with Crippen molar-refractivity contribution >= 4 is 69.6 Å². The number of benzene rings is 1. The Labute approximate surface area is 358 Å². The Kier molecular flexibility index (Phi) is 12.8. The van der Waals surface area contributed by atoms with Crippen molar-refractivity contribution in [3.63, 3.8) is 0 Å². The molecule has 8 rings (SSSR count). The fraction of sp³-hybridized carbons (Fsp3) is 0.465. The third-order valence-electron chi connectivity index (χ3n) is 11.8. The van der Waals surface area contributed by atoms with Crippen LogP contribution in [0.1, 0.15) is 82.2 Å². The molecule has 1 unspecified atom stereocenters. The maximum absolute atomic E-state index is 13.3. The average Bonchev–Trinajstić information content (AvgIpc) is 3.99. The summed E-state index contributed by atoms with van der Waals surface area (Å²) in [6.07, 6.45) is 8.01. The van der Waals surface area contributed by atoms with Crippen molar-refractivity contribution in [2.75, 3.05) is 88.8 Å². The maximum Gasteiger partial charge on any atom is 0.270 e. The van der Waals surface area contributed by atoms with Crippen molar-refractivity contribution in [3.05, 3.63) is 65.6 Å². The normalized spacial score (nSPS) is 18.4. The van der Waals surface area contributed by atoms with Gasteiger partial charge in [-0.15, -0.1) is 0 Å². The molecule has 3 aromatic heterocycles. The van der Waals surface area contributed by atoms with E-state index in [9.17, 15) is 28.8 Å². The molecule has 3 aliphatic heterocycles. The molecule has 4 aromatic rings. The van der Waals surface area contributed by atoms with Crippen LogP contribution in [0.5, 0.6) is 0 Å². The predicted molar refractivity (Wildman–Crippen MR) is 227 cm³/mol. The van der Waals surface area contributed by atoms with Crippen molar-refractivity contribution in [1.82, 2.24) is 39.5 Å². The zero-order valence-corrected chi connectivity index (χ0v) is 34.9. The number of carbonyl (C=O) groups is 6. The molecule has 62 heavy (non-hydrogen) atoms. The summed E-state index contributed by atoms with van der Waals surface area (Å²) in [7, 11) is 3.53. The Morgan fingerprint density at radius 2 is 1.66 bits per heavy atom. The standard InChI is InChI=1S/C43H51N11O8/c1-50(2)41(59)33-24-27-25-45-43(49-38(27)53(33)28-6-3-4-7-28)47-34-12-10-29(26-44-34)52-17-15-51(16-18-52)19-21-62-23-22-61-20-14-36(56)46-31-9-5-8-30-37(31)42(60)54(40(30)58)32-11-13-35(55)48-39(32)57/h5,8-10,12,24-26,28,32H,3-4,6-7,11,13-23H2,1-2H3,(H,46,56)(H,48,55,57)(H,44,45,47,49). The van der Waals surface area contributed by atoms with Gasteiger partial charge in [0.2, 0.25) is 23.7 Å². The number of carbonyl (C=O) groups excluding carboxylic acids is 6. The van der Waals surface area contributed by atoms with Crippen LogP contribution in [0.4, 0.5) is 23.1 Å². The van der Waals surface area contributed by atoms with Crippen LogP contribution in [0.2, 0.25) is 0 Å². The summed E-state index contributed by atoms with van der Waals surface area (Å²) < 4.78 is 13.5. The van der Waals surface area contributed by atoms with E-state index in [1.165, 1.54) is 12.1 Å². The minimum absolute atomic E-state index is 0.0173. The van der Waals surface area contributed by atoms with Gasteiger partial charge in [0.1, 0.15) is 23.2 Å². The number of amides is 6. The van der Waals surface area contributed by atoms with E-state index in [2.05, 4.69) is 40.3 Å². The molecule has 1 aromatic carbocycles. The maximum atomic E-state index is 13.3. The monoisotopic (exact) mass is 849 g/mol. The molecule has 6 heterocycles. The van der Waals surface area contributed by atoms with Gasteiger partial charge in [-0.3, -0.25) is 43.9 Å². The van der Waals surface area contributed by atoms with Crippen LogP contribution in [0.3, 0.4) is 0 Å². The first-order valence-electron chi connectivity index (χ1n) is 21.2. The lowest BCUT2D eigenvalue weighted by Gasteiger charge is -2.35. The first-order chi connectivity index (χ1) is 30.0. The lowest BCUT2D eigenvalue weighted by Crippen LogP contribution is -2.54. The number of ether oxygens (including phenoxy) is 2. The molecule has 3 N–H and O–H groups in total. The minimum Gasteiger partial charge on any atom is -0.379 e. The Bertz CT molecular complexity index is 2350. The predicted octanol–water partition coefficient (Wildman–Crippen LogP) is 2.97. The summed E-state index contributed by atoms with van der Waals surface area (Å²) in [6, 6.07) is 9.56. The summed E-state index contributed by atoms with van der Waals surface area (Å²) in [5.41, 5.74) is 2.71. The minimum atomic E-state index is -1.09. The van der Waals surface area contributed by atoms with Gasteiger partial charge in [0.05, 0.1) is 61.5 Å². The van der Waals surface area contributed by atoms with E-state index in [4.69, 9.17) is 14.5 Å². The summed E-state index contributed by atoms with van der Waals surface area (Å²) >= 11 is 0. The summed E-state index contributed by atoms with van der Waals surface area (Å²) in [4.78, 5) is 97.2. The molecule has 19 nitrogen and oxygen atoms in total. The molecule has 19 heteroatoms. The molecule has 6 amide bonds. The highest BCUT2D eigenvalue weighted by Gasteiger charge is 2.45. The quantitative estimate of drug-likeness (QED) is 0.109. The number of nitrogens with one attached hydrogen (secondary N) is 3. The first-order valence-corrected chi connectivity index (χ1v) is 21.2. The highest BCUT2D eigenvalue weighted by molar-refractivity contribution is 6.26. The Morgan fingerprint density at radius 1 is 0.887 bits per heavy atom. The van der Waals surface area contributed by atoms with Crippen molar-refractivity contribution < 1.29 is 38.2 Å². The van der Waals surface area contributed by atoms with Gasteiger partial charge in [0, 0.05) is 70.9 Å². The largest absolute Gasteiger partial charge is 0.379 e. The van der Waals surface area contributed by atoms with Crippen LogP contribution in [-0.4, -0.2) is 149 Å². The number of imide groups is 2. The number of hydrogen-bond acceptors (Lipinski definition) is 14. The second-order valence-electron chi connectivity index (χ2n) is 16.1. The number of piperidine rings is 1. The Morgan fingerprint density at radius 3 is 2.39 bits per heavy atom. The van der Waals surface area contributed by atoms with Gasteiger partial charge >= 0.3 is 0 Å². The molecule has 3 fully saturated rings. The topological polar surface area (TPSA) is 214 Å². The van der Waals surface area contributed by atoms with E-state index in [0.29, 0.717) is 37.3 Å². The molecule has 1 aliphatic carbocycles. The number of hydrogen-bond donors (Lipinski definition) is 3. The van der Waals surface area contributed by atoms with E-state index < -0.39 is 35.6 Å². The lowest BCUT2D eigenvalue weighted by molar-refractivity contribution is -0.136. The van der Waals surface area contributed by atoms with Crippen molar-refractivity contribution in [3.8, 4) is 0 Å². The van der Waals surface area contributed by atoms with E-state index in [1.54, 1.807) is 31.3 Å². The second kappa shape index (κ2) is 18.8. The summed E-state index contributed by atoms with van der Waals surface area (Å²) in [5, 5.41) is 8.95. The van der Waals surface area contributed by atoms with Gasteiger partial charge in [-0.05, 0) is 49.6 Å². The molecule has 2 saturated heterocycles. The van der Waals surface area contributed by atoms with E-state index in [0.717, 1.165) is 80.0 Å². The molecule has 4 aliphatic rings. The van der Waals surface area contributed by atoms with Crippen LogP contribution in [0.25, 0.3) is 11.0 Å². The number of nitrogens with zero attached hydrogens (tertiary/aromatic N) is 8. The molecule has 1 atom stereocenters. The third-order valence-corrected chi connectivity index (χ3v) is 11.8. The highest BCUT2D eigenvalue weighted by atomic mass is 16.5. The van der Waals surface area contributed by atoms with Gasteiger partial charge in [-0.25, -0.2) is 9.97 Å². The van der Waals surface area contributed by atoms with Crippen LogP contribution >= 0.6 is 0 Å². The van der Waals surface area contributed by atoms with Crippen molar-refractivity contribution in [1.29, 1.82) is 0 Å². The van der Waals surface area contributed by atoms with Gasteiger partial charge in [0.25, 0.3) is 17.7 Å². The van der Waals surface area contributed by atoms with Crippen LogP contribution in [0.15, 0.2) is 48.8 Å². The van der Waals surface area contributed by atoms with Gasteiger partial charge in [0.15, 0.2) is 0 Å². The molecular weight excluding hydrogens is 799 g/mol. The van der Waals surface area contributed by atoms with Crippen LogP contribution in [-0.2, 0) is 23.9 Å². The summed E-state index contributed by atoms with van der Waals surface area (Å²) in [5.74, 6) is -1.86. The molecular formula is C43H51N11O8. The van der Waals surface area contributed by atoms with Gasteiger partial charge in [-0.1, -0.05) is 18.9 Å². The lowest BCUT2D eigenvalue weighted by atomic mass is 10.0. The number of anilines is 4. The molecule has 0 spiro atoms. The molecule has 1 saturated carbocycles. The zero-order chi connectivity index (χ0) is 43.3. The van der Waals surface area contributed by atoms with Gasteiger partial charge < -0.3 is 34.5 Å². The number of piperazine rings is 1. The molecule has 326 valence electrons. The number of fused-ring (bicyclic) bond motifs is 2. The van der Waals surface area contributed by atoms with Crippen LogP contribution in [0, 0.1) is 0 Å². The summed E-state index contributed by atoms with van der Waals surface area (Å²) in [6.45, 7) is 5.58. The number of aromatic nitrogens is 4.